The van der Waals surface area contributed by atoms with Gasteiger partial charge in [-0.1, -0.05) is 6.07 Å². The Hall–Kier alpha value is -1.99. The van der Waals surface area contributed by atoms with Gasteiger partial charge >= 0.3 is 6.18 Å². The summed E-state index contributed by atoms with van der Waals surface area (Å²) < 4.78 is 38.7. The summed E-state index contributed by atoms with van der Waals surface area (Å²) in [6, 6.07) is 5.98. The minimum atomic E-state index is -4.51. The first-order chi connectivity index (χ1) is 10.8. The number of pyridine rings is 2. The van der Waals surface area contributed by atoms with E-state index >= 15 is 0 Å². The van der Waals surface area contributed by atoms with Crippen molar-refractivity contribution < 1.29 is 23.4 Å². The highest BCUT2D eigenvalue weighted by atomic mass is 19.4. The Labute approximate surface area is 130 Å². The number of halogens is 3. The molecule has 0 aromatic carbocycles. The van der Waals surface area contributed by atoms with Crippen molar-refractivity contribution in [2.24, 2.45) is 0 Å². The van der Waals surface area contributed by atoms with Gasteiger partial charge in [-0.2, -0.15) is 13.2 Å². The SMILES string of the molecule is OC1CC(c2cncc(C(F)(F)F)c2)([C@H](O)c2ccccn2)C1. The van der Waals surface area contributed by atoms with Crippen LogP contribution in [0.4, 0.5) is 13.2 Å². The van der Waals surface area contributed by atoms with Crippen LogP contribution < -0.4 is 0 Å². The first kappa shape index (κ1) is 15.9. The van der Waals surface area contributed by atoms with Gasteiger partial charge in [-0.25, -0.2) is 0 Å². The lowest BCUT2D eigenvalue weighted by atomic mass is 9.59. The van der Waals surface area contributed by atoms with Gasteiger partial charge in [0.2, 0.25) is 0 Å². The highest BCUT2D eigenvalue weighted by molar-refractivity contribution is 5.35. The van der Waals surface area contributed by atoms with Crippen LogP contribution in [0.5, 0.6) is 0 Å². The van der Waals surface area contributed by atoms with Crippen molar-refractivity contribution >= 4 is 0 Å². The van der Waals surface area contributed by atoms with E-state index in [1.165, 1.54) is 12.4 Å². The number of alkyl halides is 3. The molecule has 2 heterocycles. The fourth-order valence-electron chi connectivity index (χ4n) is 3.09. The standard InChI is InChI=1S/C16H15F3N2O2/c17-16(18,19)11-5-10(8-20-9-11)15(6-12(22)7-15)14(23)13-3-1-2-4-21-13/h1-5,8-9,12,14,22-23H,6-7H2/t12?,14-,15?/m1/s1. The molecule has 0 saturated heterocycles. The van der Waals surface area contributed by atoms with Gasteiger partial charge in [-0.05, 0) is 36.6 Å². The van der Waals surface area contributed by atoms with Crippen LogP contribution in [0.25, 0.3) is 0 Å². The molecular formula is C16H15F3N2O2. The molecule has 1 aliphatic rings. The number of aromatic nitrogens is 2. The second kappa shape index (κ2) is 5.58. The van der Waals surface area contributed by atoms with Crippen molar-refractivity contribution in [2.75, 3.05) is 0 Å². The van der Waals surface area contributed by atoms with E-state index in [-0.39, 0.29) is 18.4 Å². The largest absolute Gasteiger partial charge is 0.417 e. The number of aliphatic hydroxyl groups is 2. The van der Waals surface area contributed by atoms with Crippen molar-refractivity contribution in [1.29, 1.82) is 0 Å². The Morgan fingerprint density at radius 3 is 2.52 bits per heavy atom. The van der Waals surface area contributed by atoms with Crippen LogP contribution in [-0.4, -0.2) is 26.3 Å². The molecule has 0 bridgehead atoms. The van der Waals surface area contributed by atoms with Crippen LogP contribution in [0.2, 0.25) is 0 Å². The summed E-state index contributed by atoms with van der Waals surface area (Å²) in [5.41, 5.74) is -1.27. The van der Waals surface area contributed by atoms with Gasteiger partial charge in [0.1, 0.15) is 6.10 Å². The molecule has 0 spiro atoms. The van der Waals surface area contributed by atoms with Crippen molar-refractivity contribution in [3.05, 3.63) is 59.7 Å². The second-order valence-corrected chi connectivity index (χ2v) is 5.84. The third kappa shape index (κ3) is 2.82. The Morgan fingerprint density at radius 1 is 1.22 bits per heavy atom. The van der Waals surface area contributed by atoms with E-state index in [2.05, 4.69) is 9.97 Å². The summed E-state index contributed by atoms with van der Waals surface area (Å²) >= 11 is 0. The van der Waals surface area contributed by atoms with E-state index in [0.717, 1.165) is 12.3 Å². The zero-order valence-electron chi connectivity index (χ0n) is 12.0. The first-order valence-electron chi connectivity index (χ1n) is 7.13. The van der Waals surface area contributed by atoms with Crippen LogP contribution in [0, 0.1) is 0 Å². The van der Waals surface area contributed by atoms with Crippen LogP contribution in [-0.2, 0) is 11.6 Å². The lowest BCUT2D eigenvalue weighted by Gasteiger charge is -2.48. The molecule has 0 amide bonds. The predicted molar refractivity (Wildman–Crippen MR) is 75.4 cm³/mol. The Balaban J connectivity index is 2.02. The molecule has 3 rings (SSSR count). The average molecular weight is 324 g/mol. The van der Waals surface area contributed by atoms with Crippen LogP contribution in [0.15, 0.2) is 42.9 Å². The van der Waals surface area contributed by atoms with Gasteiger partial charge in [-0.15, -0.1) is 0 Å². The molecule has 2 N–H and O–H groups in total. The van der Waals surface area contributed by atoms with E-state index in [9.17, 15) is 23.4 Å². The molecule has 122 valence electrons. The summed E-state index contributed by atoms with van der Waals surface area (Å²) in [7, 11) is 0. The molecule has 0 unspecified atom stereocenters. The van der Waals surface area contributed by atoms with Gasteiger partial charge in [0.05, 0.1) is 17.4 Å². The van der Waals surface area contributed by atoms with Gasteiger partial charge in [0, 0.05) is 24.0 Å². The molecule has 1 aliphatic carbocycles. The third-order valence-corrected chi connectivity index (χ3v) is 4.33. The summed E-state index contributed by atoms with van der Waals surface area (Å²) in [6.07, 6.45) is -2.40. The quantitative estimate of drug-likeness (QED) is 0.911. The topological polar surface area (TPSA) is 66.2 Å². The molecule has 1 fully saturated rings. The van der Waals surface area contributed by atoms with Gasteiger partial charge < -0.3 is 10.2 Å². The maximum atomic E-state index is 12.9. The van der Waals surface area contributed by atoms with Crippen LogP contribution >= 0.6 is 0 Å². The van der Waals surface area contributed by atoms with Crippen molar-refractivity contribution in [3.8, 4) is 0 Å². The Morgan fingerprint density at radius 2 is 1.96 bits per heavy atom. The van der Waals surface area contributed by atoms with Crippen LogP contribution in [0.1, 0.15) is 35.8 Å². The van der Waals surface area contributed by atoms with Gasteiger partial charge in [0.15, 0.2) is 0 Å². The molecule has 0 radical (unpaired) electrons. The molecule has 0 aliphatic heterocycles. The third-order valence-electron chi connectivity index (χ3n) is 4.33. The first-order valence-corrected chi connectivity index (χ1v) is 7.13. The molecule has 7 heteroatoms. The smallest absolute Gasteiger partial charge is 0.393 e. The minimum Gasteiger partial charge on any atom is -0.393 e. The molecule has 23 heavy (non-hydrogen) atoms. The number of rotatable bonds is 3. The zero-order valence-corrected chi connectivity index (χ0v) is 12.0. The molecule has 1 saturated carbocycles. The fraction of sp³-hybridized carbons (Fsp3) is 0.375. The van der Waals surface area contributed by atoms with E-state index in [1.54, 1.807) is 18.2 Å². The number of hydrogen-bond donors (Lipinski definition) is 2. The average Bonchev–Trinajstić information content (AvgIpc) is 2.51. The number of aliphatic hydroxyl groups excluding tert-OH is 2. The van der Waals surface area contributed by atoms with Crippen molar-refractivity contribution in [3.63, 3.8) is 0 Å². The maximum Gasteiger partial charge on any atom is 0.417 e. The van der Waals surface area contributed by atoms with Crippen LogP contribution in [0.3, 0.4) is 0 Å². The van der Waals surface area contributed by atoms with Crippen molar-refractivity contribution in [2.45, 2.75) is 36.6 Å². The maximum absolute atomic E-state index is 12.9. The Kier molecular flexibility index (Phi) is 3.85. The highest BCUT2D eigenvalue weighted by Gasteiger charge is 2.51. The molecule has 4 nitrogen and oxygen atoms in total. The molecular weight excluding hydrogens is 309 g/mol. The summed E-state index contributed by atoms with van der Waals surface area (Å²) in [4.78, 5) is 7.74. The van der Waals surface area contributed by atoms with Gasteiger partial charge in [0.25, 0.3) is 0 Å². The van der Waals surface area contributed by atoms with E-state index in [0.29, 0.717) is 5.69 Å². The lowest BCUT2D eigenvalue weighted by molar-refractivity contribution is -0.138. The number of hydrogen-bond acceptors (Lipinski definition) is 4. The highest BCUT2D eigenvalue weighted by Crippen LogP contribution is 2.52. The predicted octanol–water partition coefficient (Wildman–Crippen LogP) is 2.62. The monoisotopic (exact) mass is 324 g/mol. The summed E-state index contributed by atoms with van der Waals surface area (Å²) in [6.45, 7) is 0. The second-order valence-electron chi connectivity index (χ2n) is 5.84. The molecule has 2 aromatic rings. The van der Waals surface area contributed by atoms with E-state index < -0.39 is 29.4 Å². The minimum absolute atomic E-state index is 0.160. The molecule has 2 aromatic heterocycles. The summed E-state index contributed by atoms with van der Waals surface area (Å²) in [5, 5.41) is 20.4. The summed E-state index contributed by atoms with van der Waals surface area (Å²) in [5.74, 6) is 0. The van der Waals surface area contributed by atoms with Crippen molar-refractivity contribution in [1.82, 2.24) is 9.97 Å². The fourth-order valence-corrected chi connectivity index (χ4v) is 3.09. The lowest BCUT2D eigenvalue weighted by Crippen LogP contribution is -2.49. The normalized spacial score (nSPS) is 25.7. The Bertz CT molecular complexity index is 685. The molecule has 1 atom stereocenters. The van der Waals surface area contributed by atoms with E-state index in [4.69, 9.17) is 0 Å². The van der Waals surface area contributed by atoms with Gasteiger partial charge in [-0.3, -0.25) is 9.97 Å². The number of nitrogens with zero attached hydrogens (tertiary/aromatic N) is 2. The van der Waals surface area contributed by atoms with E-state index in [1.807, 2.05) is 0 Å². The zero-order chi connectivity index (χ0) is 16.7.